The first kappa shape index (κ1) is 16.2. The van der Waals surface area contributed by atoms with Crippen LogP contribution in [0.1, 0.15) is 16.1 Å². The first-order chi connectivity index (χ1) is 11.7. The summed E-state index contributed by atoms with van der Waals surface area (Å²) in [5.74, 6) is -0.170. The van der Waals surface area contributed by atoms with Gasteiger partial charge in [0.2, 0.25) is 0 Å². The predicted molar refractivity (Wildman–Crippen MR) is 97.2 cm³/mol. The number of nitrogens with zero attached hydrogens (tertiary/aromatic N) is 1. The van der Waals surface area contributed by atoms with Gasteiger partial charge in [0.05, 0.1) is 0 Å². The smallest absolute Gasteiger partial charge is 0.269 e. The molecule has 120 valence electrons. The van der Waals surface area contributed by atoms with E-state index in [1.165, 1.54) is 0 Å². The molecule has 0 fully saturated rings. The van der Waals surface area contributed by atoms with E-state index in [2.05, 4.69) is 10.3 Å². The topological polar surface area (TPSA) is 42.0 Å². The van der Waals surface area contributed by atoms with Gasteiger partial charge >= 0.3 is 0 Å². The maximum absolute atomic E-state index is 12.1. The molecule has 4 heteroatoms. The van der Waals surface area contributed by atoms with Crippen LogP contribution in [-0.2, 0) is 6.42 Å². The van der Waals surface area contributed by atoms with Gasteiger partial charge in [-0.25, -0.2) is 0 Å². The number of hydrogen-bond donors (Lipinski definition) is 1. The van der Waals surface area contributed by atoms with E-state index >= 15 is 0 Å². The van der Waals surface area contributed by atoms with Crippen LogP contribution in [0.25, 0.3) is 11.1 Å². The molecule has 1 amide bonds. The third kappa shape index (κ3) is 4.21. The van der Waals surface area contributed by atoms with Crippen molar-refractivity contribution < 1.29 is 4.79 Å². The Balaban J connectivity index is 1.57. The monoisotopic (exact) mass is 336 g/mol. The Kier molecular flexibility index (Phi) is 5.24. The van der Waals surface area contributed by atoms with Crippen molar-refractivity contribution in [3.8, 4) is 11.1 Å². The van der Waals surface area contributed by atoms with Gasteiger partial charge < -0.3 is 5.32 Å². The zero-order valence-electron chi connectivity index (χ0n) is 13.1. The van der Waals surface area contributed by atoms with Crippen LogP contribution in [0.5, 0.6) is 0 Å². The van der Waals surface area contributed by atoms with Crippen molar-refractivity contribution in [2.24, 2.45) is 0 Å². The maximum atomic E-state index is 12.1. The molecule has 3 aromatic rings. The number of nitrogens with one attached hydrogen (secondary N) is 1. The second kappa shape index (κ2) is 7.75. The predicted octanol–water partition coefficient (Wildman–Crippen LogP) is 4.37. The molecular weight excluding hydrogens is 320 g/mol. The molecule has 0 aliphatic carbocycles. The third-order valence-electron chi connectivity index (χ3n) is 3.69. The number of benzene rings is 2. The molecule has 0 saturated carbocycles. The number of amides is 1. The van der Waals surface area contributed by atoms with Crippen LogP contribution in [-0.4, -0.2) is 17.4 Å². The molecule has 3 nitrogen and oxygen atoms in total. The van der Waals surface area contributed by atoms with Crippen LogP contribution >= 0.6 is 11.6 Å². The van der Waals surface area contributed by atoms with Gasteiger partial charge in [0.15, 0.2) is 0 Å². The number of carbonyl (C=O) groups is 1. The summed E-state index contributed by atoms with van der Waals surface area (Å²) in [6, 6.07) is 21.3. The minimum Gasteiger partial charge on any atom is -0.350 e. The van der Waals surface area contributed by atoms with Gasteiger partial charge in [-0.1, -0.05) is 60.1 Å². The molecule has 0 radical (unpaired) electrons. The lowest BCUT2D eigenvalue weighted by atomic mass is 10.1. The fraction of sp³-hybridized carbons (Fsp3) is 0.100. The summed E-state index contributed by atoms with van der Waals surface area (Å²) >= 11 is 5.95. The minimum absolute atomic E-state index is 0.170. The van der Waals surface area contributed by atoms with Crippen molar-refractivity contribution >= 4 is 17.5 Å². The Morgan fingerprint density at radius 3 is 2.50 bits per heavy atom. The lowest BCUT2D eigenvalue weighted by molar-refractivity contribution is 0.0949. The lowest BCUT2D eigenvalue weighted by Crippen LogP contribution is -2.26. The quantitative estimate of drug-likeness (QED) is 0.751. The van der Waals surface area contributed by atoms with E-state index in [4.69, 9.17) is 11.6 Å². The summed E-state index contributed by atoms with van der Waals surface area (Å²) in [6.07, 6.45) is 2.45. The Hall–Kier alpha value is -2.65. The van der Waals surface area contributed by atoms with Crippen LogP contribution in [0.4, 0.5) is 0 Å². The van der Waals surface area contributed by atoms with E-state index in [9.17, 15) is 4.79 Å². The van der Waals surface area contributed by atoms with Crippen LogP contribution < -0.4 is 5.32 Å². The van der Waals surface area contributed by atoms with E-state index in [-0.39, 0.29) is 5.91 Å². The molecule has 2 aromatic carbocycles. The number of aromatic nitrogens is 1. The molecular formula is C20H17ClN2O. The van der Waals surface area contributed by atoms with Gasteiger partial charge in [0.25, 0.3) is 5.91 Å². The lowest BCUT2D eigenvalue weighted by Gasteiger charge is -2.06. The van der Waals surface area contributed by atoms with Crippen molar-refractivity contribution in [1.82, 2.24) is 10.3 Å². The molecule has 0 aliphatic heterocycles. The van der Waals surface area contributed by atoms with Gasteiger partial charge in [-0.2, -0.15) is 0 Å². The Labute approximate surface area is 146 Å². The van der Waals surface area contributed by atoms with Crippen LogP contribution in [0.3, 0.4) is 0 Å². The van der Waals surface area contributed by atoms with Crippen LogP contribution in [0.2, 0.25) is 5.02 Å². The largest absolute Gasteiger partial charge is 0.350 e. The van der Waals surface area contributed by atoms with E-state index in [0.717, 1.165) is 23.1 Å². The summed E-state index contributed by atoms with van der Waals surface area (Å²) < 4.78 is 0. The van der Waals surface area contributed by atoms with Gasteiger partial charge in [-0.05, 0) is 35.7 Å². The highest BCUT2D eigenvalue weighted by atomic mass is 35.5. The highest BCUT2D eigenvalue weighted by Gasteiger charge is 2.07. The molecule has 0 aliphatic rings. The van der Waals surface area contributed by atoms with Crippen molar-refractivity contribution in [3.63, 3.8) is 0 Å². The van der Waals surface area contributed by atoms with Crippen molar-refractivity contribution in [2.45, 2.75) is 6.42 Å². The fourth-order valence-electron chi connectivity index (χ4n) is 2.43. The summed E-state index contributed by atoms with van der Waals surface area (Å²) in [5, 5.41) is 3.59. The summed E-state index contributed by atoms with van der Waals surface area (Å²) in [7, 11) is 0. The second-order valence-corrected chi connectivity index (χ2v) is 5.87. The van der Waals surface area contributed by atoms with Crippen LogP contribution in [0, 0.1) is 0 Å². The normalized spacial score (nSPS) is 10.4. The first-order valence-corrected chi connectivity index (χ1v) is 8.14. The fourth-order valence-corrected chi connectivity index (χ4v) is 2.65. The molecule has 1 N–H and O–H groups in total. The number of pyridine rings is 1. The summed E-state index contributed by atoms with van der Waals surface area (Å²) in [5.41, 5.74) is 3.58. The molecule has 1 aromatic heterocycles. The number of hydrogen-bond acceptors (Lipinski definition) is 2. The van der Waals surface area contributed by atoms with E-state index in [0.29, 0.717) is 17.3 Å². The zero-order valence-corrected chi connectivity index (χ0v) is 13.8. The standard InChI is InChI=1S/C20H17ClN2O/c21-18-8-4-5-15(13-18)11-12-22-20(24)19-10-9-17(14-23-19)16-6-2-1-3-7-16/h1-10,13-14H,11-12H2,(H,22,24). The Morgan fingerprint density at radius 2 is 1.79 bits per heavy atom. The second-order valence-electron chi connectivity index (χ2n) is 5.43. The Morgan fingerprint density at radius 1 is 0.958 bits per heavy atom. The average molecular weight is 337 g/mol. The molecule has 0 bridgehead atoms. The summed E-state index contributed by atoms with van der Waals surface area (Å²) in [4.78, 5) is 16.4. The zero-order chi connectivity index (χ0) is 16.8. The van der Waals surface area contributed by atoms with Gasteiger partial charge in [-0.3, -0.25) is 9.78 Å². The highest BCUT2D eigenvalue weighted by Crippen LogP contribution is 2.17. The molecule has 24 heavy (non-hydrogen) atoms. The molecule has 0 spiro atoms. The SMILES string of the molecule is O=C(NCCc1cccc(Cl)c1)c1ccc(-c2ccccc2)cn1. The highest BCUT2D eigenvalue weighted by molar-refractivity contribution is 6.30. The van der Waals surface area contributed by atoms with Gasteiger partial charge in [0, 0.05) is 23.3 Å². The Bertz CT molecular complexity index is 817. The molecule has 0 atom stereocenters. The molecule has 3 rings (SSSR count). The number of halogens is 1. The third-order valence-corrected chi connectivity index (χ3v) is 3.93. The average Bonchev–Trinajstić information content (AvgIpc) is 2.63. The van der Waals surface area contributed by atoms with Gasteiger partial charge in [-0.15, -0.1) is 0 Å². The first-order valence-electron chi connectivity index (χ1n) is 7.76. The van der Waals surface area contributed by atoms with Crippen LogP contribution in [0.15, 0.2) is 72.9 Å². The summed E-state index contributed by atoms with van der Waals surface area (Å²) in [6.45, 7) is 0.543. The number of rotatable bonds is 5. The van der Waals surface area contributed by atoms with E-state index < -0.39 is 0 Å². The molecule has 1 heterocycles. The van der Waals surface area contributed by atoms with Crippen molar-refractivity contribution in [2.75, 3.05) is 6.54 Å². The molecule has 0 saturated heterocycles. The van der Waals surface area contributed by atoms with Crippen molar-refractivity contribution in [1.29, 1.82) is 0 Å². The van der Waals surface area contributed by atoms with E-state index in [1.807, 2.05) is 60.7 Å². The van der Waals surface area contributed by atoms with Gasteiger partial charge in [0.1, 0.15) is 5.69 Å². The number of carbonyl (C=O) groups excluding carboxylic acids is 1. The maximum Gasteiger partial charge on any atom is 0.269 e. The molecule has 0 unspecified atom stereocenters. The minimum atomic E-state index is -0.170. The van der Waals surface area contributed by atoms with E-state index in [1.54, 1.807) is 12.3 Å². The van der Waals surface area contributed by atoms with Crippen molar-refractivity contribution in [3.05, 3.63) is 89.2 Å².